The average molecular weight is 499 g/mol. The van der Waals surface area contributed by atoms with Crippen molar-refractivity contribution in [2.75, 3.05) is 13.9 Å². The third-order valence-corrected chi connectivity index (χ3v) is 5.24. The fourth-order valence-electron chi connectivity index (χ4n) is 3.83. The molecule has 9 nitrogen and oxygen atoms in total. The Morgan fingerprint density at radius 1 is 0.917 bits per heavy atom. The molecular weight excluding hydrogens is 464 g/mol. The SMILES string of the molecule is CCc1c(OC)cccc1C(=O)N(C(=O)OCOC(C)=O)N(C(=O)c1cc(C)cc(C)c1)C(C)(C)C. The standard InChI is InChI=1S/C27H34N2O7/c1-9-21-22(11-10-12-23(21)34-8)25(32)28(26(33)36-16-35-19(4)30)29(27(5,6)7)24(31)20-14-17(2)13-18(3)15-20/h10-15H,9,16H2,1-8H3. The zero-order chi connectivity index (χ0) is 27.2. The number of hydrogen-bond donors (Lipinski definition) is 0. The van der Waals surface area contributed by atoms with Gasteiger partial charge in [-0.3, -0.25) is 14.4 Å². The number of carbonyl (C=O) groups excluding carboxylic acids is 4. The highest BCUT2D eigenvalue weighted by atomic mass is 16.7. The lowest BCUT2D eigenvalue weighted by atomic mass is 10.0. The van der Waals surface area contributed by atoms with Crippen LogP contribution in [0, 0.1) is 13.8 Å². The zero-order valence-electron chi connectivity index (χ0n) is 22.1. The van der Waals surface area contributed by atoms with Crippen molar-refractivity contribution in [2.45, 2.75) is 60.4 Å². The molecule has 0 saturated heterocycles. The van der Waals surface area contributed by atoms with Crippen molar-refractivity contribution in [3.8, 4) is 5.75 Å². The third kappa shape index (κ3) is 6.62. The third-order valence-electron chi connectivity index (χ3n) is 5.24. The van der Waals surface area contributed by atoms with Crippen molar-refractivity contribution in [2.24, 2.45) is 0 Å². The Bertz CT molecular complexity index is 1130. The van der Waals surface area contributed by atoms with Gasteiger partial charge < -0.3 is 14.2 Å². The summed E-state index contributed by atoms with van der Waals surface area (Å²) in [5.74, 6) is -1.56. The topological polar surface area (TPSA) is 102 Å². The van der Waals surface area contributed by atoms with E-state index in [0.717, 1.165) is 23.1 Å². The number of hydrazine groups is 1. The van der Waals surface area contributed by atoms with Gasteiger partial charge in [-0.1, -0.05) is 30.2 Å². The van der Waals surface area contributed by atoms with Crippen LogP contribution in [0.3, 0.4) is 0 Å². The zero-order valence-corrected chi connectivity index (χ0v) is 22.1. The van der Waals surface area contributed by atoms with Crippen molar-refractivity contribution >= 4 is 23.9 Å². The van der Waals surface area contributed by atoms with Gasteiger partial charge in [0.25, 0.3) is 11.8 Å². The quantitative estimate of drug-likeness (QED) is 0.319. The highest BCUT2D eigenvalue weighted by Crippen LogP contribution is 2.28. The first-order valence-corrected chi connectivity index (χ1v) is 11.5. The number of benzene rings is 2. The predicted octanol–water partition coefficient (Wildman–Crippen LogP) is 4.83. The van der Waals surface area contributed by atoms with Crippen LogP contribution in [0.5, 0.6) is 5.75 Å². The Hall–Kier alpha value is -3.88. The van der Waals surface area contributed by atoms with Gasteiger partial charge in [-0.2, -0.15) is 0 Å². The number of imide groups is 1. The molecule has 0 atom stereocenters. The van der Waals surface area contributed by atoms with Gasteiger partial charge in [0, 0.05) is 23.6 Å². The number of aryl methyl sites for hydroxylation is 2. The molecule has 194 valence electrons. The van der Waals surface area contributed by atoms with Gasteiger partial charge in [0.2, 0.25) is 6.79 Å². The van der Waals surface area contributed by atoms with Crippen LogP contribution in [0.15, 0.2) is 36.4 Å². The molecular formula is C27H34N2O7. The number of methoxy groups -OCH3 is 1. The first-order valence-electron chi connectivity index (χ1n) is 11.5. The maximum absolute atomic E-state index is 14.0. The molecule has 0 saturated carbocycles. The Balaban J connectivity index is 2.69. The van der Waals surface area contributed by atoms with Crippen LogP contribution < -0.4 is 4.74 Å². The van der Waals surface area contributed by atoms with E-state index in [0.29, 0.717) is 28.3 Å². The van der Waals surface area contributed by atoms with Crippen LogP contribution in [0.1, 0.15) is 72.0 Å². The number of ether oxygens (including phenoxy) is 3. The van der Waals surface area contributed by atoms with E-state index >= 15 is 0 Å². The van der Waals surface area contributed by atoms with E-state index in [1.807, 2.05) is 26.8 Å². The summed E-state index contributed by atoms with van der Waals surface area (Å²) in [4.78, 5) is 52.3. The fraction of sp³-hybridized carbons (Fsp3) is 0.407. The van der Waals surface area contributed by atoms with E-state index in [1.54, 1.807) is 51.1 Å². The monoisotopic (exact) mass is 498 g/mol. The summed E-state index contributed by atoms with van der Waals surface area (Å²) in [5.41, 5.74) is 1.71. The lowest BCUT2D eigenvalue weighted by Gasteiger charge is -2.41. The summed E-state index contributed by atoms with van der Waals surface area (Å²) in [7, 11) is 1.49. The molecule has 0 aliphatic heterocycles. The van der Waals surface area contributed by atoms with Crippen LogP contribution in [0.2, 0.25) is 0 Å². The maximum atomic E-state index is 14.0. The molecule has 0 heterocycles. The first-order chi connectivity index (χ1) is 16.8. The summed E-state index contributed by atoms with van der Waals surface area (Å²) >= 11 is 0. The second kappa shape index (κ2) is 11.7. The number of hydrogen-bond acceptors (Lipinski definition) is 7. The lowest BCUT2D eigenvalue weighted by molar-refractivity contribution is -0.150. The van der Waals surface area contributed by atoms with E-state index in [-0.39, 0.29) is 5.56 Å². The predicted molar refractivity (Wildman–Crippen MR) is 133 cm³/mol. The van der Waals surface area contributed by atoms with Crippen LogP contribution in [0.4, 0.5) is 4.79 Å². The minimum Gasteiger partial charge on any atom is -0.496 e. The van der Waals surface area contributed by atoms with Gasteiger partial charge in [-0.05, 0) is 65.3 Å². The van der Waals surface area contributed by atoms with Crippen LogP contribution in [-0.2, 0) is 20.7 Å². The molecule has 0 unspecified atom stereocenters. The molecule has 0 aromatic heterocycles. The minimum atomic E-state index is -1.17. The van der Waals surface area contributed by atoms with Crippen molar-refractivity contribution < 1.29 is 33.4 Å². The van der Waals surface area contributed by atoms with Gasteiger partial charge in [0.1, 0.15) is 5.75 Å². The molecule has 0 N–H and O–H groups in total. The highest BCUT2D eigenvalue weighted by Gasteiger charge is 2.41. The average Bonchev–Trinajstić information content (AvgIpc) is 2.79. The molecule has 2 aromatic rings. The normalized spacial score (nSPS) is 10.9. The second-order valence-electron chi connectivity index (χ2n) is 9.29. The summed E-state index contributed by atoms with van der Waals surface area (Å²) in [6.07, 6.45) is -0.735. The number of rotatable bonds is 6. The molecule has 0 aliphatic carbocycles. The second-order valence-corrected chi connectivity index (χ2v) is 9.29. The number of nitrogens with zero attached hydrogens (tertiary/aromatic N) is 2. The van der Waals surface area contributed by atoms with E-state index in [9.17, 15) is 19.2 Å². The molecule has 0 radical (unpaired) electrons. The molecule has 36 heavy (non-hydrogen) atoms. The molecule has 0 bridgehead atoms. The van der Waals surface area contributed by atoms with E-state index in [4.69, 9.17) is 14.2 Å². The van der Waals surface area contributed by atoms with Gasteiger partial charge >= 0.3 is 12.1 Å². The Kier molecular flexibility index (Phi) is 9.22. The largest absolute Gasteiger partial charge is 0.496 e. The number of esters is 1. The first kappa shape index (κ1) is 28.4. The van der Waals surface area contributed by atoms with Gasteiger partial charge in [0.15, 0.2) is 0 Å². The summed E-state index contributed by atoms with van der Waals surface area (Å²) in [6, 6.07) is 10.2. The summed E-state index contributed by atoms with van der Waals surface area (Å²) in [6.45, 7) is 11.1. The molecule has 0 spiro atoms. The van der Waals surface area contributed by atoms with Gasteiger partial charge in [0.05, 0.1) is 12.6 Å². The van der Waals surface area contributed by atoms with Crippen molar-refractivity contribution in [3.05, 3.63) is 64.2 Å². The van der Waals surface area contributed by atoms with Gasteiger partial charge in [-0.15, -0.1) is 5.01 Å². The Morgan fingerprint density at radius 3 is 2.03 bits per heavy atom. The van der Waals surface area contributed by atoms with Crippen molar-refractivity contribution in [3.63, 3.8) is 0 Å². The summed E-state index contributed by atoms with van der Waals surface area (Å²) in [5, 5.41) is 1.73. The van der Waals surface area contributed by atoms with Crippen molar-refractivity contribution in [1.82, 2.24) is 10.0 Å². The highest BCUT2D eigenvalue weighted by molar-refractivity contribution is 6.07. The maximum Gasteiger partial charge on any atom is 0.439 e. The molecule has 2 rings (SSSR count). The minimum absolute atomic E-state index is 0.170. The molecule has 9 heteroatoms. The fourth-order valence-corrected chi connectivity index (χ4v) is 3.83. The van der Waals surface area contributed by atoms with E-state index in [1.165, 1.54) is 7.11 Å². The molecule has 0 aliphatic rings. The molecule has 3 amide bonds. The van der Waals surface area contributed by atoms with E-state index in [2.05, 4.69) is 0 Å². The van der Waals surface area contributed by atoms with Crippen LogP contribution in [-0.4, -0.2) is 53.3 Å². The van der Waals surface area contributed by atoms with Crippen LogP contribution >= 0.6 is 0 Å². The van der Waals surface area contributed by atoms with Crippen LogP contribution in [0.25, 0.3) is 0 Å². The number of amides is 3. The Morgan fingerprint density at radius 2 is 1.53 bits per heavy atom. The van der Waals surface area contributed by atoms with Gasteiger partial charge in [-0.25, -0.2) is 9.80 Å². The van der Waals surface area contributed by atoms with Crippen molar-refractivity contribution in [1.29, 1.82) is 0 Å². The smallest absolute Gasteiger partial charge is 0.439 e. The molecule has 0 fully saturated rings. The Labute approximate surface area is 211 Å². The van der Waals surface area contributed by atoms with E-state index < -0.39 is 36.2 Å². The number of carbonyl (C=O) groups is 4. The lowest BCUT2D eigenvalue weighted by Crippen LogP contribution is -2.60. The summed E-state index contributed by atoms with van der Waals surface area (Å²) < 4.78 is 15.2. The molecule has 2 aromatic carbocycles.